The number of nitrogens with zero attached hydrogens (tertiary/aromatic N) is 2. The van der Waals surface area contributed by atoms with Gasteiger partial charge in [-0.2, -0.15) is 0 Å². The van der Waals surface area contributed by atoms with Gasteiger partial charge >= 0.3 is 6.03 Å². The minimum Gasteiger partial charge on any atom is -0.494 e. The number of aromatic amines is 1. The van der Waals surface area contributed by atoms with E-state index in [2.05, 4.69) is 15.6 Å². The van der Waals surface area contributed by atoms with Gasteiger partial charge in [-0.3, -0.25) is 14.6 Å². The van der Waals surface area contributed by atoms with Crippen molar-refractivity contribution in [3.63, 3.8) is 0 Å². The standard InChI is InChI=1S/C34H29N5O4/c1-21(23-8-4-2-5-9-23)37-32(41)25-14-17-27-28(18-25)38-33(42)30(27)31(24-10-6-3-7-11-24)35-19-22-12-15-26(16-13-22)39-29(40)20-36-34(39)43/h2-18,21,38,42H,19-20H2,1H3,(H,36,43)(H,37,41)/t21-/m1/s1. The molecule has 4 N–H and O–H groups in total. The zero-order chi connectivity index (χ0) is 29.9. The third kappa shape index (κ3) is 5.60. The van der Waals surface area contributed by atoms with Crippen molar-refractivity contribution in [1.29, 1.82) is 0 Å². The van der Waals surface area contributed by atoms with Crippen LogP contribution in [0, 0.1) is 0 Å². The van der Waals surface area contributed by atoms with E-state index in [1.54, 1.807) is 24.3 Å². The number of aromatic nitrogens is 1. The summed E-state index contributed by atoms with van der Waals surface area (Å²) in [6.07, 6.45) is 0. The van der Waals surface area contributed by atoms with Gasteiger partial charge in [0.2, 0.25) is 0 Å². The lowest BCUT2D eigenvalue weighted by molar-refractivity contribution is -0.115. The zero-order valence-electron chi connectivity index (χ0n) is 23.4. The molecule has 0 spiro atoms. The van der Waals surface area contributed by atoms with Gasteiger partial charge in [-0.1, -0.05) is 78.9 Å². The fourth-order valence-electron chi connectivity index (χ4n) is 5.18. The van der Waals surface area contributed by atoms with Gasteiger partial charge in [0.1, 0.15) is 0 Å². The van der Waals surface area contributed by atoms with Crippen molar-refractivity contribution in [1.82, 2.24) is 15.6 Å². The van der Waals surface area contributed by atoms with Crippen LogP contribution in [-0.4, -0.2) is 40.2 Å². The van der Waals surface area contributed by atoms with Gasteiger partial charge < -0.3 is 20.7 Å². The van der Waals surface area contributed by atoms with Gasteiger partial charge in [-0.05, 0) is 42.3 Å². The molecule has 1 fully saturated rings. The minimum atomic E-state index is -0.441. The molecule has 0 aliphatic carbocycles. The van der Waals surface area contributed by atoms with Crippen LogP contribution in [0.5, 0.6) is 5.88 Å². The fourth-order valence-corrected chi connectivity index (χ4v) is 5.18. The molecule has 9 heteroatoms. The number of carbonyl (C=O) groups is 3. The third-order valence-electron chi connectivity index (χ3n) is 7.43. The van der Waals surface area contributed by atoms with E-state index in [4.69, 9.17) is 4.99 Å². The number of hydrogen-bond donors (Lipinski definition) is 4. The Balaban J connectivity index is 1.29. The van der Waals surface area contributed by atoms with Crippen LogP contribution in [0.4, 0.5) is 10.5 Å². The number of rotatable bonds is 8. The molecule has 4 amide bonds. The normalized spacial score (nSPS) is 14.2. The largest absolute Gasteiger partial charge is 0.494 e. The van der Waals surface area contributed by atoms with Crippen LogP contribution in [0.2, 0.25) is 0 Å². The number of imide groups is 1. The molecule has 2 heterocycles. The van der Waals surface area contributed by atoms with E-state index >= 15 is 0 Å². The molecule has 43 heavy (non-hydrogen) atoms. The lowest BCUT2D eigenvalue weighted by atomic mass is 10.00. The van der Waals surface area contributed by atoms with Gasteiger partial charge in [0, 0.05) is 22.0 Å². The molecule has 4 aromatic carbocycles. The number of anilines is 1. The summed E-state index contributed by atoms with van der Waals surface area (Å²) in [4.78, 5) is 46.2. The maximum Gasteiger partial charge on any atom is 0.329 e. The van der Waals surface area contributed by atoms with Crippen molar-refractivity contribution >= 4 is 40.1 Å². The molecule has 0 saturated carbocycles. The Bertz CT molecular complexity index is 1830. The lowest BCUT2D eigenvalue weighted by Gasteiger charge is -2.14. The van der Waals surface area contributed by atoms with E-state index in [-0.39, 0.29) is 36.8 Å². The molecule has 9 nitrogen and oxygen atoms in total. The summed E-state index contributed by atoms with van der Waals surface area (Å²) in [5.41, 5.74) is 5.34. The Hall–Kier alpha value is -5.70. The van der Waals surface area contributed by atoms with Crippen LogP contribution < -0.4 is 15.5 Å². The van der Waals surface area contributed by atoms with Gasteiger partial charge in [-0.25, -0.2) is 9.69 Å². The van der Waals surface area contributed by atoms with E-state index in [9.17, 15) is 19.5 Å². The van der Waals surface area contributed by atoms with E-state index in [1.807, 2.05) is 85.8 Å². The average Bonchev–Trinajstić information content (AvgIpc) is 3.55. The first-order valence-corrected chi connectivity index (χ1v) is 13.9. The summed E-state index contributed by atoms with van der Waals surface area (Å²) in [7, 11) is 0. The Morgan fingerprint density at radius 3 is 2.30 bits per heavy atom. The monoisotopic (exact) mass is 571 g/mol. The molecular weight excluding hydrogens is 542 g/mol. The predicted molar refractivity (Wildman–Crippen MR) is 165 cm³/mol. The van der Waals surface area contributed by atoms with E-state index < -0.39 is 6.03 Å². The van der Waals surface area contributed by atoms with E-state index in [1.165, 1.54) is 0 Å². The van der Waals surface area contributed by atoms with Crippen molar-refractivity contribution in [2.45, 2.75) is 19.5 Å². The first kappa shape index (κ1) is 27.5. The van der Waals surface area contributed by atoms with Crippen LogP contribution in [0.25, 0.3) is 10.9 Å². The number of nitrogens with one attached hydrogen (secondary N) is 3. The molecule has 1 aliphatic heterocycles. The summed E-state index contributed by atoms with van der Waals surface area (Å²) < 4.78 is 0. The Morgan fingerprint density at radius 2 is 1.63 bits per heavy atom. The van der Waals surface area contributed by atoms with Gasteiger partial charge in [-0.15, -0.1) is 0 Å². The highest BCUT2D eigenvalue weighted by atomic mass is 16.3. The van der Waals surface area contributed by atoms with Gasteiger partial charge in [0.15, 0.2) is 5.88 Å². The molecule has 1 atom stereocenters. The molecule has 1 aromatic heterocycles. The molecule has 5 aromatic rings. The average molecular weight is 572 g/mol. The maximum atomic E-state index is 13.1. The second kappa shape index (κ2) is 11.7. The SMILES string of the molecule is C[C@@H](NC(=O)c1ccc2c(C(=NCc3ccc(N4C(=O)CNC4=O)cc3)c3ccccc3)c(O)[nH]c2c1)c1ccccc1. The highest BCUT2D eigenvalue weighted by Gasteiger charge is 2.29. The van der Waals surface area contributed by atoms with Crippen molar-refractivity contribution in [3.8, 4) is 5.88 Å². The summed E-state index contributed by atoms with van der Waals surface area (Å²) in [5, 5.41) is 17.4. The van der Waals surface area contributed by atoms with Crippen molar-refractivity contribution in [2.24, 2.45) is 4.99 Å². The van der Waals surface area contributed by atoms with Crippen molar-refractivity contribution < 1.29 is 19.5 Å². The number of hydrogen-bond acceptors (Lipinski definition) is 5. The Labute approximate surface area is 247 Å². The smallest absolute Gasteiger partial charge is 0.329 e. The Morgan fingerprint density at radius 1 is 0.930 bits per heavy atom. The number of H-pyrrole nitrogens is 1. The summed E-state index contributed by atoms with van der Waals surface area (Å²) in [5.74, 6) is -0.576. The molecular formula is C34H29N5O4. The number of aromatic hydroxyl groups is 1. The van der Waals surface area contributed by atoms with E-state index in [0.29, 0.717) is 28.0 Å². The number of urea groups is 1. The number of aliphatic imine (C=N–C) groups is 1. The summed E-state index contributed by atoms with van der Waals surface area (Å²) in [6.45, 7) is 2.20. The highest BCUT2D eigenvalue weighted by molar-refractivity contribution is 6.21. The van der Waals surface area contributed by atoms with Crippen molar-refractivity contribution in [3.05, 3.63) is 131 Å². The molecule has 214 valence electrons. The predicted octanol–water partition coefficient (Wildman–Crippen LogP) is 5.46. The summed E-state index contributed by atoms with van der Waals surface area (Å²) >= 11 is 0. The third-order valence-corrected chi connectivity index (χ3v) is 7.43. The second-order valence-corrected chi connectivity index (χ2v) is 10.3. The fraction of sp³-hybridized carbons (Fsp3) is 0.118. The van der Waals surface area contributed by atoms with Crippen LogP contribution in [0.1, 0.15) is 45.6 Å². The number of amides is 4. The van der Waals surface area contributed by atoms with Crippen LogP contribution in [0.15, 0.2) is 108 Å². The number of carbonyl (C=O) groups excluding carboxylic acids is 3. The number of benzene rings is 4. The highest BCUT2D eigenvalue weighted by Crippen LogP contribution is 2.31. The topological polar surface area (TPSA) is 127 Å². The van der Waals surface area contributed by atoms with Crippen LogP contribution in [0.3, 0.4) is 0 Å². The maximum absolute atomic E-state index is 13.1. The second-order valence-electron chi connectivity index (χ2n) is 10.3. The van der Waals surface area contributed by atoms with Crippen LogP contribution >= 0.6 is 0 Å². The molecule has 6 rings (SSSR count). The molecule has 0 radical (unpaired) electrons. The quantitative estimate of drug-likeness (QED) is 0.146. The molecule has 1 saturated heterocycles. The molecule has 0 bridgehead atoms. The lowest BCUT2D eigenvalue weighted by Crippen LogP contribution is -2.30. The minimum absolute atomic E-state index is 0.0155. The first-order chi connectivity index (χ1) is 20.9. The molecule has 0 unspecified atom stereocenters. The van der Waals surface area contributed by atoms with Gasteiger partial charge in [0.25, 0.3) is 11.8 Å². The zero-order valence-corrected chi connectivity index (χ0v) is 23.4. The number of fused-ring (bicyclic) bond motifs is 1. The van der Waals surface area contributed by atoms with E-state index in [0.717, 1.165) is 27.0 Å². The summed E-state index contributed by atoms with van der Waals surface area (Å²) in [6, 6.07) is 31.0. The molecule has 1 aliphatic rings. The van der Waals surface area contributed by atoms with Crippen LogP contribution in [-0.2, 0) is 11.3 Å². The van der Waals surface area contributed by atoms with Crippen molar-refractivity contribution in [2.75, 3.05) is 11.4 Å². The van der Waals surface area contributed by atoms with Gasteiger partial charge in [0.05, 0.1) is 36.1 Å². The Kier molecular flexibility index (Phi) is 7.44. The first-order valence-electron chi connectivity index (χ1n) is 13.9.